The van der Waals surface area contributed by atoms with Crippen LogP contribution in [0.5, 0.6) is 0 Å². The topological polar surface area (TPSA) is 130 Å². The lowest BCUT2D eigenvalue weighted by molar-refractivity contribution is -0.384. The largest absolute Gasteiger partial charge is 0.352 e. The lowest BCUT2D eigenvalue weighted by Gasteiger charge is -2.08. The van der Waals surface area contributed by atoms with Crippen molar-refractivity contribution in [2.24, 2.45) is 0 Å². The van der Waals surface area contributed by atoms with Crippen molar-refractivity contribution in [3.63, 3.8) is 0 Å². The first-order valence-electron chi connectivity index (χ1n) is 7.74. The number of amides is 3. The monoisotopic (exact) mass is 374 g/mol. The number of nitro groups is 1. The molecule has 27 heavy (non-hydrogen) atoms. The molecule has 3 amide bonds. The SMILES string of the molecule is O=C(CCNC(=O)c1ccc([N+](=O)[O-])cc1)NNC(=O)c1ccc(F)cc1. The van der Waals surface area contributed by atoms with E-state index in [9.17, 15) is 28.9 Å². The maximum atomic E-state index is 12.8. The fourth-order valence-corrected chi connectivity index (χ4v) is 1.99. The van der Waals surface area contributed by atoms with Gasteiger partial charge in [-0.2, -0.15) is 0 Å². The highest BCUT2D eigenvalue weighted by Crippen LogP contribution is 2.11. The standard InChI is InChI=1S/C17H15FN4O5/c18-13-5-1-12(2-6-13)17(25)21-20-15(23)9-10-19-16(24)11-3-7-14(8-4-11)22(26)27/h1-8H,9-10H2,(H,19,24)(H,20,23)(H,21,25). The van der Waals surface area contributed by atoms with Crippen molar-refractivity contribution in [2.75, 3.05) is 6.54 Å². The van der Waals surface area contributed by atoms with E-state index in [1.54, 1.807) is 0 Å². The van der Waals surface area contributed by atoms with Gasteiger partial charge in [-0.1, -0.05) is 0 Å². The normalized spacial score (nSPS) is 9.96. The van der Waals surface area contributed by atoms with Gasteiger partial charge in [0.2, 0.25) is 5.91 Å². The Morgan fingerprint density at radius 1 is 0.889 bits per heavy atom. The Hall–Kier alpha value is -3.82. The number of nitrogens with one attached hydrogen (secondary N) is 3. The molecule has 0 bridgehead atoms. The molecular formula is C17H15FN4O5. The van der Waals surface area contributed by atoms with Gasteiger partial charge >= 0.3 is 0 Å². The van der Waals surface area contributed by atoms with Crippen LogP contribution in [-0.4, -0.2) is 29.2 Å². The summed E-state index contributed by atoms with van der Waals surface area (Å²) in [5.41, 5.74) is 4.58. The predicted octanol–water partition coefficient (Wildman–Crippen LogP) is 1.31. The van der Waals surface area contributed by atoms with Gasteiger partial charge in [-0.25, -0.2) is 4.39 Å². The minimum Gasteiger partial charge on any atom is -0.352 e. The average molecular weight is 374 g/mol. The van der Waals surface area contributed by atoms with E-state index in [4.69, 9.17) is 0 Å². The van der Waals surface area contributed by atoms with Crippen LogP contribution in [0.15, 0.2) is 48.5 Å². The fraction of sp³-hybridized carbons (Fsp3) is 0.118. The minimum absolute atomic E-state index is 0.00588. The molecule has 0 aliphatic carbocycles. The maximum Gasteiger partial charge on any atom is 0.269 e. The number of rotatable bonds is 6. The molecule has 0 aliphatic rings. The van der Waals surface area contributed by atoms with Crippen molar-refractivity contribution < 1.29 is 23.7 Å². The molecule has 2 rings (SSSR count). The minimum atomic E-state index is -0.613. The van der Waals surface area contributed by atoms with Gasteiger partial charge in [-0.3, -0.25) is 35.3 Å². The smallest absolute Gasteiger partial charge is 0.269 e. The van der Waals surface area contributed by atoms with E-state index in [1.165, 1.54) is 36.4 Å². The van der Waals surface area contributed by atoms with Crippen LogP contribution >= 0.6 is 0 Å². The number of carbonyl (C=O) groups is 3. The third-order valence-corrected chi connectivity index (χ3v) is 3.40. The van der Waals surface area contributed by atoms with Crippen LogP contribution in [0, 0.1) is 15.9 Å². The second kappa shape index (κ2) is 9.04. The average Bonchev–Trinajstić information content (AvgIpc) is 2.66. The number of nitrogens with zero attached hydrogens (tertiary/aromatic N) is 1. The first kappa shape index (κ1) is 19.5. The Kier molecular flexibility index (Phi) is 6.53. The van der Waals surface area contributed by atoms with Crippen LogP contribution in [0.4, 0.5) is 10.1 Å². The van der Waals surface area contributed by atoms with Gasteiger partial charge in [0, 0.05) is 36.2 Å². The zero-order chi connectivity index (χ0) is 19.8. The maximum absolute atomic E-state index is 12.8. The van der Waals surface area contributed by atoms with Gasteiger partial charge in [0.25, 0.3) is 17.5 Å². The van der Waals surface area contributed by atoms with Crippen LogP contribution in [-0.2, 0) is 4.79 Å². The van der Waals surface area contributed by atoms with Crippen LogP contribution in [0.25, 0.3) is 0 Å². The van der Waals surface area contributed by atoms with Crippen LogP contribution in [0.2, 0.25) is 0 Å². The van der Waals surface area contributed by atoms with Gasteiger partial charge < -0.3 is 5.32 Å². The Morgan fingerprint density at radius 2 is 1.44 bits per heavy atom. The van der Waals surface area contributed by atoms with Crippen molar-refractivity contribution in [2.45, 2.75) is 6.42 Å². The summed E-state index contributed by atoms with van der Waals surface area (Å²) in [6.45, 7) is -0.00588. The summed E-state index contributed by atoms with van der Waals surface area (Å²) in [6.07, 6.45) is -0.109. The number of halogens is 1. The number of hydrazine groups is 1. The van der Waals surface area contributed by atoms with Gasteiger partial charge in [-0.05, 0) is 36.4 Å². The molecule has 0 radical (unpaired) electrons. The van der Waals surface area contributed by atoms with Crippen molar-refractivity contribution >= 4 is 23.4 Å². The van der Waals surface area contributed by atoms with Crippen molar-refractivity contribution in [3.05, 3.63) is 75.6 Å². The Bertz CT molecular complexity index is 853. The first-order valence-corrected chi connectivity index (χ1v) is 7.74. The van der Waals surface area contributed by atoms with Crippen molar-refractivity contribution in [1.29, 1.82) is 0 Å². The lowest BCUT2D eigenvalue weighted by Crippen LogP contribution is -2.42. The first-order chi connectivity index (χ1) is 12.9. The molecule has 10 heteroatoms. The number of hydrogen-bond donors (Lipinski definition) is 3. The molecule has 2 aromatic rings. The summed E-state index contributed by atoms with van der Waals surface area (Å²) in [6, 6.07) is 9.77. The second-order valence-corrected chi connectivity index (χ2v) is 5.32. The van der Waals surface area contributed by atoms with E-state index >= 15 is 0 Å². The molecule has 2 aromatic carbocycles. The third kappa shape index (κ3) is 5.88. The van der Waals surface area contributed by atoms with Crippen molar-refractivity contribution in [3.8, 4) is 0 Å². The number of nitro benzene ring substituents is 1. The number of benzene rings is 2. The molecule has 0 unspecified atom stereocenters. The van der Waals surface area contributed by atoms with Gasteiger partial charge in [0.05, 0.1) is 4.92 Å². The summed E-state index contributed by atoms with van der Waals surface area (Å²) in [5, 5.41) is 13.0. The van der Waals surface area contributed by atoms with E-state index in [-0.39, 0.29) is 29.8 Å². The molecule has 3 N–H and O–H groups in total. The van der Waals surface area contributed by atoms with E-state index in [0.29, 0.717) is 0 Å². The molecule has 0 fully saturated rings. The van der Waals surface area contributed by atoms with Crippen LogP contribution in [0.3, 0.4) is 0 Å². The Balaban J connectivity index is 1.72. The summed E-state index contributed by atoms with van der Waals surface area (Å²) in [7, 11) is 0. The summed E-state index contributed by atoms with van der Waals surface area (Å²) in [5.74, 6) is -2.14. The van der Waals surface area contributed by atoms with E-state index in [0.717, 1.165) is 12.1 Å². The zero-order valence-corrected chi connectivity index (χ0v) is 13.9. The highest BCUT2D eigenvalue weighted by molar-refractivity contribution is 5.96. The van der Waals surface area contributed by atoms with Gasteiger partial charge in [0.15, 0.2) is 0 Å². The van der Waals surface area contributed by atoms with Gasteiger partial charge in [-0.15, -0.1) is 0 Å². The predicted molar refractivity (Wildman–Crippen MR) is 92.1 cm³/mol. The Morgan fingerprint density at radius 3 is 2.04 bits per heavy atom. The molecule has 0 aliphatic heterocycles. The van der Waals surface area contributed by atoms with E-state index < -0.39 is 28.5 Å². The number of non-ortho nitro benzene ring substituents is 1. The Labute approximate surface area is 152 Å². The molecule has 0 saturated carbocycles. The van der Waals surface area contributed by atoms with E-state index in [2.05, 4.69) is 16.2 Å². The summed E-state index contributed by atoms with van der Waals surface area (Å²) < 4.78 is 12.8. The fourth-order valence-electron chi connectivity index (χ4n) is 1.99. The number of carbonyl (C=O) groups excluding carboxylic acids is 3. The van der Waals surface area contributed by atoms with E-state index in [1.807, 2.05) is 0 Å². The molecule has 0 atom stereocenters. The zero-order valence-electron chi connectivity index (χ0n) is 13.9. The summed E-state index contributed by atoms with van der Waals surface area (Å²) >= 11 is 0. The third-order valence-electron chi connectivity index (χ3n) is 3.40. The van der Waals surface area contributed by atoms with Crippen LogP contribution in [0.1, 0.15) is 27.1 Å². The summed E-state index contributed by atoms with van der Waals surface area (Å²) in [4.78, 5) is 45.2. The van der Waals surface area contributed by atoms with Gasteiger partial charge in [0.1, 0.15) is 5.82 Å². The molecular weight excluding hydrogens is 359 g/mol. The second-order valence-electron chi connectivity index (χ2n) is 5.32. The van der Waals surface area contributed by atoms with Crippen LogP contribution < -0.4 is 16.2 Å². The molecule has 140 valence electrons. The number of hydrogen-bond acceptors (Lipinski definition) is 5. The quantitative estimate of drug-likeness (QED) is 0.518. The molecule has 0 aromatic heterocycles. The highest BCUT2D eigenvalue weighted by atomic mass is 19.1. The lowest BCUT2D eigenvalue weighted by atomic mass is 10.2. The molecule has 0 spiro atoms. The van der Waals surface area contributed by atoms with Crippen molar-refractivity contribution in [1.82, 2.24) is 16.2 Å². The molecule has 0 saturated heterocycles. The highest BCUT2D eigenvalue weighted by Gasteiger charge is 2.11. The molecule has 9 nitrogen and oxygen atoms in total. The molecule has 0 heterocycles.